The molecule has 2 heterocycles. The molecule has 4 amide bonds. The van der Waals surface area contributed by atoms with Crippen LogP contribution < -0.4 is 10.6 Å². The maximum Gasteiger partial charge on any atom is 0.407 e. The van der Waals surface area contributed by atoms with Crippen LogP contribution in [0.25, 0.3) is 54.7 Å². The molecule has 0 spiro atoms. The molecule has 0 unspecified atom stereocenters. The van der Waals surface area contributed by atoms with Crippen LogP contribution in [0.1, 0.15) is 50.4 Å². The Morgan fingerprint density at radius 2 is 1.27 bits per heavy atom. The van der Waals surface area contributed by atoms with E-state index in [0.717, 1.165) is 61.2 Å². The van der Waals surface area contributed by atoms with Crippen molar-refractivity contribution >= 4 is 67.6 Å². The molecule has 0 saturated heterocycles. The van der Waals surface area contributed by atoms with E-state index >= 15 is 0 Å². The fourth-order valence-corrected chi connectivity index (χ4v) is 7.45. The van der Waals surface area contributed by atoms with Gasteiger partial charge in [-0.25, -0.2) is 19.6 Å². The molecular formula is C45H48N8O6. The summed E-state index contributed by atoms with van der Waals surface area (Å²) in [6.45, 7) is 7.39. The van der Waals surface area contributed by atoms with Crippen LogP contribution >= 0.6 is 0 Å². The van der Waals surface area contributed by atoms with Gasteiger partial charge in [0, 0.05) is 23.9 Å². The van der Waals surface area contributed by atoms with Gasteiger partial charge >= 0.3 is 12.2 Å². The molecule has 5 aromatic carbocycles. The lowest BCUT2D eigenvalue weighted by Crippen LogP contribution is -2.43. The van der Waals surface area contributed by atoms with Crippen molar-refractivity contribution < 1.29 is 28.7 Å². The van der Waals surface area contributed by atoms with Crippen molar-refractivity contribution in [2.75, 3.05) is 33.9 Å². The first-order valence-corrected chi connectivity index (χ1v) is 19.7. The average molecular weight is 797 g/mol. The molecule has 304 valence electrons. The Hall–Kier alpha value is -6.96. The number of carbonyl (C=O) groups excluding carboxylic acids is 4. The predicted octanol–water partition coefficient (Wildman–Crippen LogP) is 7.59. The van der Waals surface area contributed by atoms with Crippen molar-refractivity contribution in [1.82, 2.24) is 40.4 Å². The molecule has 0 fully saturated rings. The van der Waals surface area contributed by atoms with E-state index in [-0.39, 0.29) is 37.4 Å². The number of hydrogen-bond acceptors (Lipinski definition) is 8. The molecule has 4 N–H and O–H groups in total. The number of amides is 4. The highest BCUT2D eigenvalue weighted by atomic mass is 16.5. The molecule has 7 rings (SSSR count). The van der Waals surface area contributed by atoms with E-state index < -0.39 is 18.2 Å². The third-order valence-corrected chi connectivity index (χ3v) is 10.2. The van der Waals surface area contributed by atoms with Crippen LogP contribution in [0, 0.1) is 5.92 Å². The zero-order chi connectivity index (χ0) is 41.6. The van der Waals surface area contributed by atoms with Crippen molar-refractivity contribution in [3.63, 3.8) is 0 Å². The van der Waals surface area contributed by atoms with Crippen LogP contribution in [0.2, 0.25) is 0 Å². The third-order valence-electron chi connectivity index (χ3n) is 10.2. The number of aromatic amines is 2. The molecule has 0 saturated carbocycles. The maximum absolute atomic E-state index is 14.0. The maximum atomic E-state index is 14.0. The van der Waals surface area contributed by atoms with E-state index in [9.17, 15) is 19.2 Å². The van der Waals surface area contributed by atoms with Crippen molar-refractivity contribution in [3.05, 3.63) is 108 Å². The van der Waals surface area contributed by atoms with Gasteiger partial charge in [0.15, 0.2) is 0 Å². The van der Waals surface area contributed by atoms with Crippen LogP contribution in [-0.2, 0) is 32.2 Å². The minimum absolute atomic E-state index is 0.164. The molecule has 14 heteroatoms. The molecule has 14 nitrogen and oxygen atoms in total. The van der Waals surface area contributed by atoms with Gasteiger partial charge in [0.1, 0.15) is 24.2 Å². The second kappa shape index (κ2) is 17.7. The van der Waals surface area contributed by atoms with Crippen molar-refractivity contribution in [2.24, 2.45) is 5.92 Å². The monoisotopic (exact) mass is 796 g/mol. The number of methoxy groups -OCH3 is 2. The van der Waals surface area contributed by atoms with Crippen LogP contribution in [0.3, 0.4) is 0 Å². The standard InChI is InChI=1S/C45H48N8O6/c1-6-20-52(43(55)40(51-45(57)59-5)28-10-8-7-9-11-28)25-37-47-35-18-14-31-21-29(12-16-33(31)41(35)49-37)30-13-17-34-32(22-30)15-19-36-42(34)50-38(48-36)26-53(24-27(2)3)39(54)23-46-44(56)58-4/h7-19,21-22,27,40H,6,20,23-26H2,1-5H3,(H,46,56)(H,47,49)(H,48,50)(H,51,57)/t40-/m1/s1. The van der Waals surface area contributed by atoms with Gasteiger partial charge < -0.3 is 39.9 Å². The normalized spacial score (nSPS) is 11.9. The Kier molecular flexibility index (Phi) is 12.1. The molecule has 0 aliphatic heterocycles. The highest BCUT2D eigenvalue weighted by molar-refractivity contribution is 6.07. The lowest BCUT2D eigenvalue weighted by Gasteiger charge is -2.27. The van der Waals surface area contributed by atoms with Crippen LogP contribution in [-0.4, -0.2) is 87.6 Å². The first-order valence-electron chi connectivity index (χ1n) is 19.7. The van der Waals surface area contributed by atoms with E-state index in [2.05, 4.69) is 73.9 Å². The summed E-state index contributed by atoms with van der Waals surface area (Å²) in [5, 5.41) is 9.27. The second-order valence-electron chi connectivity index (χ2n) is 14.9. The molecule has 1 atom stereocenters. The average Bonchev–Trinajstić information content (AvgIpc) is 3.87. The van der Waals surface area contributed by atoms with Crippen molar-refractivity contribution in [2.45, 2.75) is 46.3 Å². The van der Waals surface area contributed by atoms with E-state index in [1.165, 1.54) is 14.2 Å². The van der Waals surface area contributed by atoms with E-state index in [4.69, 9.17) is 14.7 Å². The fourth-order valence-electron chi connectivity index (χ4n) is 7.45. The SMILES string of the molecule is CCCN(Cc1nc2ccc3cc(-c4ccc5c(ccc6nc(CN(CC(C)C)C(=O)CNC(=O)OC)[nH]c65)c4)ccc3c2[nH]1)C(=O)[C@H](NC(=O)OC)c1ccccc1. The molecular weight excluding hydrogens is 749 g/mol. The van der Waals surface area contributed by atoms with Gasteiger partial charge in [-0.15, -0.1) is 0 Å². The number of fused-ring (bicyclic) bond motifs is 6. The van der Waals surface area contributed by atoms with Crippen molar-refractivity contribution in [3.8, 4) is 11.1 Å². The van der Waals surface area contributed by atoms with Crippen LogP contribution in [0.4, 0.5) is 9.59 Å². The van der Waals surface area contributed by atoms with Gasteiger partial charge in [-0.2, -0.15) is 0 Å². The second-order valence-corrected chi connectivity index (χ2v) is 14.9. The first-order chi connectivity index (χ1) is 28.5. The van der Waals surface area contributed by atoms with Gasteiger partial charge in [0.05, 0.1) is 49.4 Å². The predicted molar refractivity (Wildman–Crippen MR) is 227 cm³/mol. The van der Waals surface area contributed by atoms with Crippen LogP contribution in [0.15, 0.2) is 91.0 Å². The molecule has 7 aromatic rings. The molecule has 0 radical (unpaired) electrons. The highest BCUT2D eigenvalue weighted by Gasteiger charge is 2.28. The number of nitrogens with one attached hydrogen (secondary N) is 4. The number of alkyl carbamates (subject to hydrolysis) is 2. The number of benzene rings is 5. The van der Waals surface area contributed by atoms with Crippen LogP contribution in [0.5, 0.6) is 0 Å². The Morgan fingerprint density at radius 3 is 1.80 bits per heavy atom. The number of aromatic nitrogens is 4. The number of H-pyrrole nitrogens is 2. The number of nitrogens with zero attached hydrogens (tertiary/aromatic N) is 4. The van der Waals surface area contributed by atoms with E-state index in [0.29, 0.717) is 30.3 Å². The molecule has 2 aromatic heterocycles. The zero-order valence-corrected chi connectivity index (χ0v) is 33.8. The molecule has 0 aliphatic carbocycles. The lowest BCUT2D eigenvalue weighted by molar-refractivity contribution is -0.134. The summed E-state index contributed by atoms with van der Waals surface area (Å²) in [5.74, 6) is 1.03. The van der Waals surface area contributed by atoms with Gasteiger partial charge in [-0.1, -0.05) is 87.5 Å². The topological polar surface area (TPSA) is 175 Å². The van der Waals surface area contributed by atoms with E-state index in [1.54, 1.807) is 9.80 Å². The molecule has 59 heavy (non-hydrogen) atoms. The van der Waals surface area contributed by atoms with Gasteiger partial charge in [0.25, 0.3) is 0 Å². The zero-order valence-electron chi connectivity index (χ0n) is 33.8. The van der Waals surface area contributed by atoms with Gasteiger partial charge in [0.2, 0.25) is 11.8 Å². The summed E-state index contributed by atoms with van der Waals surface area (Å²) < 4.78 is 9.45. The quantitative estimate of drug-likeness (QED) is 0.0871. The van der Waals surface area contributed by atoms with Gasteiger partial charge in [-0.05, 0) is 64.1 Å². The fraction of sp³-hybridized carbons (Fsp3) is 0.289. The Bertz CT molecular complexity index is 2650. The molecule has 0 aliphatic rings. The summed E-state index contributed by atoms with van der Waals surface area (Å²) in [4.78, 5) is 70.8. The largest absolute Gasteiger partial charge is 0.453 e. The Labute approximate surface area is 341 Å². The summed E-state index contributed by atoms with van der Waals surface area (Å²) >= 11 is 0. The summed E-state index contributed by atoms with van der Waals surface area (Å²) in [5.41, 5.74) is 6.13. The highest BCUT2D eigenvalue weighted by Crippen LogP contribution is 2.33. The Balaban J connectivity index is 1.12. The van der Waals surface area contributed by atoms with Crippen molar-refractivity contribution in [1.29, 1.82) is 0 Å². The summed E-state index contributed by atoms with van der Waals surface area (Å²) in [6.07, 6.45) is -0.620. The Morgan fingerprint density at radius 1 is 0.712 bits per heavy atom. The third kappa shape index (κ3) is 8.96. The number of imidazole rings is 2. The molecule has 0 bridgehead atoms. The summed E-state index contributed by atoms with van der Waals surface area (Å²) in [6, 6.07) is 29.0. The number of rotatable bonds is 14. The smallest absolute Gasteiger partial charge is 0.407 e. The lowest BCUT2D eigenvalue weighted by atomic mass is 9.98. The number of ether oxygens (including phenoxy) is 2. The first kappa shape index (κ1) is 40.2. The minimum atomic E-state index is -0.913. The minimum Gasteiger partial charge on any atom is -0.453 e. The summed E-state index contributed by atoms with van der Waals surface area (Å²) in [7, 11) is 2.54. The number of carbonyl (C=O) groups is 4. The van der Waals surface area contributed by atoms with E-state index in [1.807, 2.05) is 63.2 Å². The van der Waals surface area contributed by atoms with Gasteiger partial charge in [-0.3, -0.25) is 9.59 Å². The number of hydrogen-bond donors (Lipinski definition) is 4.